The molecule has 0 fully saturated rings. The third-order valence-corrected chi connectivity index (χ3v) is 10.5. The molecule has 8 rings (SSSR count). The minimum atomic E-state index is -3.54. The highest BCUT2D eigenvalue weighted by atomic mass is 35.5. The Morgan fingerprint density at radius 2 is 1.47 bits per heavy atom. The lowest BCUT2D eigenvalue weighted by molar-refractivity contribution is 0.319. The molecule has 0 saturated heterocycles. The molecule has 0 aliphatic rings. The number of sulfone groups is 1. The molecule has 4 aromatic heterocycles. The zero-order chi connectivity index (χ0) is 37.1. The van der Waals surface area contributed by atoms with Crippen molar-refractivity contribution in [1.82, 2.24) is 29.9 Å². The van der Waals surface area contributed by atoms with E-state index in [1.165, 1.54) is 12.1 Å². The standard InChI is InChI=1S/C19H16ClN3O2.C19H18N4O4S/c1-24-13-5-3-12(4-6-13)10-23-11-16-15-9-14(25-2)7-8-17(15)21-19(20)18(16)22-23;1-27-13-5-6-17-15(10-13)16-11-20-23-18(16)19(22-17)21-12-3-2-4-14(9-12)28(25,26)8-7-24/h3-9,11H,10H2,1-2H3;2-6,9-11,24H,7-8H2,1H3,(H,20,23)(H,21,22). The first-order valence-electron chi connectivity index (χ1n) is 16.3. The van der Waals surface area contributed by atoms with Crippen LogP contribution in [-0.4, -0.2) is 77.2 Å². The molecule has 0 bridgehead atoms. The number of nitrogens with zero attached hydrogens (tertiary/aromatic N) is 5. The minimum Gasteiger partial charge on any atom is -0.497 e. The van der Waals surface area contributed by atoms with Gasteiger partial charge in [0.1, 0.15) is 28.3 Å². The number of aliphatic hydroxyl groups excluding tert-OH is 1. The number of anilines is 2. The van der Waals surface area contributed by atoms with Gasteiger partial charge >= 0.3 is 0 Å². The summed E-state index contributed by atoms with van der Waals surface area (Å²) in [5.41, 5.74) is 4.65. The van der Waals surface area contributed by atoms with Crippen molar-refractivity contribution in [3.05, 3.63) is 108 Å². The molecule has 0 saturated carbocycles. The van der Waals surface area contributed by atoms with Crippen molar-refractivity contribution in [2.24, 2.45) is 0 Å². The molecule has 4 heterocycles. The second-order valence-corrected chi connectivity index (χ2v) is 14.4. The normalized spacial score (nSPS) is 11.5. The SMILES string of the molecule is COc1ccc(Cn2cc3c(n2)c(Cl)nc2ccc(OC)cc23)cc1.COc1ccc2nc(Nc3cccc(S(=O)(=O)CCO)c3)c3[nH]ncc3c2c1. The van der Waals surface area contributed by atoms with Crippen molar-refractivity contribution in [1.29, 1.82) is 0 Å². The maximum Gasteiger partial charge on any atom is 0.180 e. The summed E-state index contributed by atoms with van der Waals surface area (Å²) in [5, 5.41) is 27.9. The Kier molecular flexibility index (Phi) is 10.00. The Balaban J connectivity index is 0.000000165. The molecule has 0 amide bonds. The molecule has 0 radical (unpaired) electrons. The van der Waals surface area contributed by atoms with E-state index in [0.717, 1.165) is 55.4 Å². The van der Waals surface area contributed by atoms with Crippen LogP contribution in [0.5, 0.6) is 17.2 Å². The lowest BCUT2D eigenvalue weighted by Crippen LogP contribution is -2.10. The van der Waals surface area contributed by atoms with Crippen LogP contribution in [0.3, 0.4) is 0 Å². The first kappa shape index (κ1) is 35.4. The van der Waals surface area contributed by atoms with Crippen LogP contribution in [-0.2, 0) is 16.4 Å². The average molecular weight is 752 g/mol. The lowest BCUT2D eigenvalue weighted by Gasteiger charge is -2.11. The van der Waals surface area contributed by atoms with Gasteiger partial charge in [-0.15, -0.1) is 0 Å². The van der Waals surface area contributed by atoms with Gasteiger partial charge in [0, 0.05) is 33.4 Å². The zero-order valence-corrected chi connectivity index (χ0v) is 30.4. The van der Waals surface area contributed by atoms with Crippen molar-refractivity contribution in [2.75, 3.05) is 39.0 Å². The van der Waals surface area contributed by atoms with Gasteiger partial charge in [0.05, 0.1) is 62.4 Å². The predicted molar refractivity (Wildman–Crippen MR) is 206 cm³/mol. The Bertz CT molecular complexity index is 2700. The number of fused-ring (bicyclic) bond motifs is 6. The van der Waals surface area contributed by atoms with Crippen molar-refractivity contribution in [3.63, 3.8) is 0 Å². The fraction of sp³-hybridized carbons (Fsp3) is 0.158. The molecule has 270 valence electrons. The highest BCUT2D eigenvalue weighted by Gasteiger charge is 2.16. The van der Waals surface area contributed by atoms with E-state index in [2.05, 4.69) is 30.6 Å². The molecule has 0 atom stereocenters. The maximum atomic E-state index is 12.2. The van der Waals surface area contributed by atoms with Gasteiger partial charge in [0.15, 0.2) is 20.8 Å². The summed E-state index contributed by atoms with van der Waals surface area (Å²) in [6, 6.07) is 25.6. The molecule has 4 aromatic carbocycles. The van der Waals surface area contributed by atoms with E-state index < -0.39 is 16.4 Å². The molecule has 0 aliphatic heterocycles. The van der Waals surface area contributed by atoms with Crippen LogP contribution < -0.4 is 19.5 Å². The first-order chi connectivity index (χ1) is 25.7. The number of hydrogen-bond acceptors (Lipinski definition) is 11. The molecule has 3 N–H and O–H groups in total. The summed E-state index contributed by atoms with van der Waals surface area (Å²) in [6.45, 7) is 0.213. The summed E-state index contributed by atoms with van der Waals surface area (Å²) in [4.78, 5) is 9.22. The van der Waals surface area contributed by atoms with Gasteiger partial charge in [-0.3, -0.25) is 9.78 Å². The summed E-state index contributed by atoms with van der Waals surface area (Å²) in [6.07, 6.45) is 3.71. The third kappa shape index (κ3) is 7.37. The van der Waals surface area contributed by atoms with Crippen LogP contribution >= 0.6 is 11.6 Å². The Morgan fingerprint density at radius 1 is 0.811 bits per heavy atom. The number of H-pyrrole nitrogens is 1. The van der Waals surface area contributed by atoms with Gasteiger partial charge in [-0.2, -0.15) is 10.2 Å². The van der Waals surface area contributed by atoms with Crippen molar-refractivity contribution >= 4 is 76.6 Å². The van der Waals surface area contributed by atoms with E-state index in [1.54, 1.807) is 39.7 Å². The fourth-order valence-corrected chi connectivity index (χ4v) is 7.22. The largest absolute Gasteiger partial charge is 0.497 e. The molecule has 0 spiro atoms. The van der Waals surface area contributed by atoms with E-state index in [9.17, 15) is 8.42 Å². The predicted octanol–water partition coefficient (Wildman–Crippen LogP) is 6.93. The van der Waals surface area contributed by atoms with E-state index in [-0.39, 0.29) is 10.6 Å². The third-order valence-electron chi connectivity index (χ3n) is 8.59. The monoisotopic (exact) mass is 751 g/mol. The van der Waals surface area contributed by atoms with Crippen LogP contribution in [0.1, 0.15) is 5.56 Å². The average Bonchev–Trinajstić information content (AvgIpc) is 3.85. The molecule has 15 heteroatoms. The molecule has 13 nitrogen and oxygen atoms in total. The second-order valence-electron chi connectivity index (χ2n) is 11.9. The van der Waals surface area contributed by atoms with Gasteiger partial charge in [0.25, 0.3) is 0 Å². The number of aromatic nitrogens is 6. The van der Waals surface area contributed by atoms with Crippen LogP contribution in [0.15, 0.2) is 102 Å². The number of ether oxygens (including phenoxy) is 3. The molecular formula is C38H34ClN7O6S. The number of benzene rings is 4. The Labute approximate surface area is 309 Å². The highest BCUT2D eigenvalue weighted by Crippen LogP contribution is 2.33. The van der Waals surface area contributed by atoms with Crippen LogP contribution in [0.2, 0.25) is 5.15 Å². The molecule has 8 aromatic rings. The highest BCUT2D eigenvalue weighted by molar-refractivity contribution is 7.91. The van der Waals surface area contributed by atoms with Crippen molar-refractivity contribution in [3.8, 4) is 17.2 Å². The van der Waals surface area contributed by atoms with E-state index >= 15 is 0 Å². The molecule has 0 unspecified atom stereocenters. The zero-order valence-electron chi connectivity index (χ0n) is 28.9. The van der Waals surface area contributed by atoms with E-state index in [1.807, 2.05) is 71.5 Å². The van der Waals surface area contributed by atoms with Crippen LogP contribution in [0.25, 0.3) is 43.6 Å². The number of halogens is 1. The second kappa shape index (κ2) is 14.9. The number of pyridine rings is 2. The van der Waals surface area contributed by atoms with Gasteiger partial charge in [0.2, 0.25) is 0 Å². The lowest BCUT2D eigenvalue weighted by atomic mass is 10.1. The van der Waals surface area contributed by atoms with Crippen molar-refractivity contribution < 1.29 is 27.7 Å². The summed E-state index contributed by atoms with van der Waals surface area (Å²) in [7, 11) is 1.37. The van der Waals surface area contributed by atoms with Crippen LogP contribution in [0.4, 0.5) is 11.5 Å². The van der Waals surface area contributed by atoms with Gasteiger partial charge in [-0.05, 0) is 72.3 Å². The summed E-state index contributed by atoms with van der Waals surface area (Å²) < 4.78 is 42.1. The van der Waals surface area contributed by atoms with Crippen LogP contribution in [0, 0.1) is 0 Å². The summed E-state index contributed by atoms with van der Waals surface area (Å²) >= 11 is 6.33. The number of rotatable bonds is 10. The Hall–Kier alpha value is -5.96. The topological polar surface area (TPSA) is 166 Å². The number of hydrogen-bond donors (Lipinski definition) is 3. The van der Waals surface area contributed by atoms with Gasteiger partial charge < -0.3 is 24.6 Å². The van der Waals surface area contributed by atoms with Gasteiger partial charge in [-0.25, -0.2) is 18.4 Å². The summed E-state index contributed by atoms with van der Waals surface area (Å²) in [5.74, 6) is 2.54. The number of aliphatic hydroxyl groups is 1. The first-order valence-corrected chi connectivity index (χ1v) is 18.4. The Morgan fingerprint density at radius 3 is 2.15 bits per heavy atom. The smallest absolute Gasteiger partial charge is 0.180 e. The number of methoxy groups -OCH3 is 3. The molecular weight excluding hydrogens is 718 g/mol. The fourth-order valence-electron chi connectivity index (χ4n) is 5.92. The van der Waals surface area contributed by atoms with Crippen molar-refractivity contribution in [2.45, 2.75) is 11.4 Å². The minimum absolute atomic E-state index is 0.137. The maximum absolute atomic E-state index is 12.2. The van der Waals surface area contributed by atoms with Gasteiger partial charge in [-0.1, -0.05) is 29.8 Å². The quantitative estimate of drug-likeness (QED) is 0.124. The number of aromatic amines is 1. The van der Waals surface area contributed by atoms with E-state index in [0.29, 0.717) is 34.2 Å². The molecule has 0 aliphatic carbocycles. The number of nitrogens with one attached hydrogen (secondary N) is 2. The van der Waals surface area contributed by atoms with E-state index in [4.69, 9.17) is 30.9 Å². The molecule has 53 heavy (non-hydrogen) atoms.